The van der Waals surface area contributed by atoms with Gasteiger partial charge in [-0.25, -0.2) is 0 Å². The van der Waals surface area contributed by atoms with Crippen molar-refractivity contribution in [1.29, 1.82) is 0 Å². The third kappa shape index (κ3) is 4.21. The molecule has 0 bridgehead atoms. The van der Waals surface area contributed by atoms with Crippen LogP contribution in [0.15, 0.2) is 18.2 Å². The Morgan fingerprint density at radius 1 is 1.33 bits per heavy atom. The molecular weight excluding hydrogens is 352 g/mol. The third-order valence-electron chi connectivity index (χ3n) is 4.95. The summed E-state index contributed by atoms with van der Waals surface area (Å²) in [5, 5.41) is 8.92. The number of nitrogens with zero attached hydrogens (tertiary/aromatic N) is 2. The molecule has 0 unspecified atom stereocenters. The highest BCUT2D eigenvalue weighted by Crippen LogP contribution is 2.34. The lowest BCUT2D eigenvalue weighted by atomic mass is 10.1. The molecule has 8 heteroatoms. The molecule has 2 atom stereocenters. The first kappa shape index (κ1) is 19.2. The maximum atomic E-state index is 12.9. The predicted octanol–water partition coefficient (Wildman–Crippen LogP) is 1.06. The summed E-state index contributed by atoms with van der Waals surface area (Å²) in [5.74, 6) is -1.06. The van der Waals surface area contributed by atoms with E-state index in [2.05, 4.69) is 0 Å². The van der Waals surface area contributed by atoms with Crippen molar-refractivity contribution >= 4 is 23.5 Å². The quantitative estimate of drug-likeness (QED) is 0.825. The highest BCUT2D eigenvalue weighted by atomic mass is 16.5. The molecule has 0 radical (unpaired) electrons. The minimum atomic E-state index is -0.955. The van der Waals surface area contributed by atoms with Gasteiger partial charge in [0, 0.05) is 26.1 Å². The average Bonchev–Trinajstić information content (AvgIpc) is 3.02. The van der Waals surface area contributed by atoms with Gasteiger partial charge >= 0.3 is 5.97 Å². The average molecular weight is 376 g/mol. The minimum absolute atomic E-state index is 0.118. The number of carbonyl (C=O) groups is 3. The number of ether oxygens (including phenoxy) is 2. The molecule has 3 rings (SSSR count). The maximum Gasteiger partial charge on any atom is 0.306 e. The van der Waals surface area contributed by atoms with Crippen LogP contribution in [0.3, 0.4) is 0 Å². The van der Waals surface area contributed by atoms with Crippen LogP contribution in [-0.2, 0) is 19.1 Å². The zero-order chi connectivity index (χ0) is 19.6. The van der Waals surface area contributed by atoms with E-state index in [0.717, 1.165) is 5.56 Å². The summed E-state index contributed by atoms with van der Waals surface area (Å²) in [5.41, 5.74) is 1.67. The number of benzene rings is 1. The Hall–Kier alpha value is -2.61. The van der Waals surface area contributed by atoms with E-state index in [1.54, 1.807) is 16.9 Å². The molecule has 1 N–H and O–H groups in total. The number of carbonyl (C=O) groups excluding carboxylic acids is 2. The molecule has 8 nitrogen and oxygen atoms in total. The van der Waals surface area contributed by atoms with E-state index in [1.165, 1.54) is 0 Å². The van der Waals surface area contributed by atoms with Crippen LogP contribution in [-0.4, -0.2) is 67.2 Å². The van der Waals surface area contributed by atoms with E-state index in [4.69, 9.17) is 14.6 Å². The van der Waals surface area contributed by atoms with Gasteiger partial charge in [-0.2, -0.15) is 0 Å². The summed E-state index contributed by atoms with van der Waals surface area (Å²) >= 11 is 0. The van der Waals surface area contributed by atoms with Crippen LogP contribution >= 0.6 is 0 Å². The van der Waals surface area contributed by atoms with E-state index >= 15 is 0 Å². The third-order valence-corrected chi connectivity index (χ3v) is 4.95. The number of hydrogen-bond acceptors (Lipinski definition) is 5. The van der Waals surface area contributed by atoms with E-state index in [9.17, 15) is 14.4 Å². The number of anilines is 1. The number of amides is 2. The number of carboxylic acid groups (broad SMARTS) is 1. The number of aliphatic carboxylic acids is 1. The highest BCUT2D eigenvalue weighted by molar-refractivity contribution is 6.01. The van der Waals surface area contributed by atoms with Crippen LogP contribution in [0.5, 0.6) is 5.75 Å². The fraction of sp³-hybridized carbons (Fsp3) is 0.526. The van der Waals surface area contributed by atoms with E-state index in [0.29, 0.717) is 31.1 Å². The van der Waals surface area contributed by atoms with Crippen molar-refractivity contribution in [3.8, 4) is 5.75 Å². The maximum absolute atomic E-state index is 12.9. The molecule has 2 fully saturated rings. The number of hydrogen-bond donors (Lipinski definition) is 1. The summed E-state index contributed by atoms with van der Waals surface area (Å²) in [6.07, 6.45) is -0.512. The molecule has 2 aliphatic rings. The van der Waals surface area contributed by atoms with Gasteiger partial charge in [0.05, 0.1) is 37.8 Å². The van der Waals surface area contributed by atoms with Crippen molar-refractivity contribution in [2.24, 2.45) is 5.92 Å². The van der Waals surface area contributed by atoms with Crippen molar-refractivity contribution in [2.75, 3.05) is 38.3 Å². The molecule has 2 saturated heterocycles. The summed E-state index contributed by atoms with van der Waals surface area (Å²) < 4.78 is 10.8. The molecule has 0 spiro atoms. The van der Waals surface area contributed by atoms with Gasteiger partial charge in [-0.05, 0) is 24.6 Å². The molecule has 1 aromatic rings. The van der Waals surface area contributed by atoms with Crippen LogP contribution < -0.4 is 9.64 Å². The number of rotatable bonds is 5. The Kier molecular flexibility index (Phi) is 5.65. The molecule has 2 amide bonds. The van der Waals surface area contributed by atoms with Crippen LogP contribution in [0.4, 0.5) is 5.69 Å². The fourth-order valence-corrected chi connectivity index (χ4v) is 3.61. The molecule has 0 saturated carbocycles. The first-order valence-corrected chi connectivity index (χ1v) is 8.96. The molecular formula is C19H24N2O6. The number of methoxy groups -OCH3 is 1. The Morgan fingerprint density at radius 2 is 2.11 bits per heavy atom. The fourth-order valence-electron chi connectivity index (χ4n) is 3.61. The monoisotopic (exact) mass is 376 g/mol. The topological polar surface area (TPSA) is 96.4 Å². The molecule has 0 aromatic heterocycles. The van der Waals surface area contributed by atoms with Gasteiger partial charge in [-0.3, -0.25) is 14.4 Å². The smallest absolute Gasteiger partial charge is 0.306 e. The van der Waals surface area contributed by atoms with Crippen LogP contribution in [0.25, 0.3) is 0 Å². The standard InChI is InChI=1S/C19H24N2O6/c1-12-3-4-16(26-2)15(7-12)21-10-13(8-17(21)22)19(25)20-5-6-27-14(11-20)9-18(23)24/h3-4,7,13-14H,5-6,8-11H2,1-2H3,(H,23,24)/t13-,14+/m0/s1. The zero-order valence-corrected chi connectivity index (χ0v) is 15.5. The van der Waals surface area contributed by atoms with Gasteiger partial charge in [0.25, 0.3) is 0 Å². The van der Waals surface area contributed by atoms with Gasteiger partial charge in [0.1, 0.15) is 5.75 Å². The molecule has 146 valence electrons. The summed E-state index contributed by atoms with van der Waals surface area (Å²) in [4.78, 5) is 39.5. The summed E-state index contributed by atoms with van der Waals surface area (Å²) in [6.45, 7) is 3.18. The lowest BCUT2D eigenvalue weighted by Gasteiger charge is -2.33. The number of carboxylic acids is 1. The Bertz CT molecular complexity index is 750. The lowest BCUT2D eigenvalue weighted by molar-refractivity contribution is -0.149. The first-order chi connectivity index (χ1) is 12.9. The van der Waals surface area contributed by atoms with Crippen molar-refractivity contribution in [2.45, 2.75) is 25.9 Å². The summed E-state index contributed by atoms with van der Waals surface area (Å²) in [6, 6.07) is 5.59. The molecule has 1 aromatic carbocycles. The Labute approximate surface area is 157 Å². The van der Waals surface area contributed by atoms with Crippen molar-refractivity contribution in [3.63, 3.8) is 0 Å². The van der Waals surface area contributed by atoms with Crippen molar-refractivity contribution < 1.29 is 29.0 Å². The van der Waals surface area contributed by atoms with Crippen molar-refractivity contribution in [3.05, 3.63) is 23.8 Å². The first-order valence-electron chi connectivity index (χ1n) is 8.96. The second-order valence-corrected chi connectivity index (χ2v) is 6.96. The van der Waals surface area contributed by atoms with E-state index < -0.39 is 18.0 Å². The second kappa shape index (κ2) is 7.96. The highest BCUT2D eigenvalue weighted by Gasteiger charge is 2.39. The van der Waals surface area contributed by atoms with E-state index in [-0.39, 0.29) is 31.2 Å². The lowest BCUT2D eigenvalue weighted by Crippen LogP contribution is -2.48. The number of morpholine rings is 1. The second-order valence-electron chi connectivity index (χ2n) is 6.96. The SMILES string of the molecule is COc1ccc(C)cc1N1C[C@@H](C(=O)N2CCO[C@H](CC(=O)O)C2)CC1=O. The minimum Gasteiger partial charge on any atom is -0.495 e. The largest absolute Gasteiger partial charge is 0.495 e. The normalized spacial score (nSPS) is 22.8. The van der Waals surface area contributed by atoms with Crippen molar-refractivity contribution in [1.82, 2.24) is 4.90 Å². The molecule has 27 heavy (non-hydrogen) atoms. The van der Waals surface area contributed by atoms with Gasteiger partial charge in [0.15, 0.2) is 0 Å². The van der Waals surface area contributed by atoms with Gasteiger partial charge in [0.2, 0.25) is 11.8 Å². The molecule has 0 aliphatic carbocycles. The van der Waals surface area contributed by atoms with Gasteiger partial charge in [-0.1, -0.05) is 6.07 Å². The predicted molar refractivity (Wildman–Crippen MR) is 96.8 cm³/mol. The molecule has 2 aliphatic heterocycles. The molecule has 2 heterocycles. The van der Waals surface area contributed by atoms with Gasteiger partial charge < -0.3 is 24.4 Å². The zero-order valence-electron chi connectivity index (χ0n) is 15.5. The van der Waals surface area contributed by atoms with Crippen LogP contribution in [0.1, 0.15) is 18.4 Å². The Morgan fingerprint density at radius 3 is 2.81 bits per heavy atom. The summed E-state index contributed by atoms with van der Waals surface area (Å²) in [7, 11) is 1.55. The van der Waals surface area contributed by atoms with E-state index in [1.807, 2.05) is 25.1 Å². The van der Waals surface area contributed by atoms with Crippen LogP contribution in [0.2, 0.25) is 0 Å². The Balaban J connectivity index is 1.71. The van der Waals surface area contributed by atoms with Crippen LogP contribution in [0, 0.1) is 12.8 Å². The number of aryl methyl sites for hydroxylation is 1. The van der Waals surface area contributed by atoms with Gasteiger partial charge in [-0.15, -0.1) is 0 Å².